The summed E-state index contributed by atoms with van der Waals surface area (Å²) in [6.45, 7) is 2.33. The normalized spacial score (nSPS) is 19.0. The first-order chi connectivity index (χ1) is 11.7. The molecule has 2 N–H and O–H groups in total. The summed E-state index contributed by atoms with van der Waals surface area (Å²) in [7, 11) is 0. The smallest absolute Gasteiger partial charge is 0.254 e. The van der Waals surface area contributed by atoms with E-state index in [1.807, 2.05) is 17.0 Å². The fraction of sp³-hybridized carbons (Fsp3) is 0.353. The molecule has 0 spiro atoms. The molecule has 2 aliphatic rings. The van der Waals surface area contributed by atoms with Gasteiger partial charge in [0.2, 0.25) is 5.95 Å². The van der Waals surface area contributed by atoms with Crippen LogP contribution in [0, 0.1) is 0 Å². The van der Waals surface area contributed by atoms with E-state index in [4.69, 9.17) is 11.6 Å². The van der Waals surface area contributed by atoms with Crippen molar-refractivity contribution in [1.29, 1.82) is 0 Å². The number of rotatable bonds is 3. The number of aromatic nitrogens is 2. The Morgan fingerprint density at radius 3 is 3.00 bits per heavy atom. The summed E-state index contributed by atoms with van der Waals surface area (Å²) >= 11 is 5.79. The minimum atomic E-state index is 0.0767. The van der Waals surface area contributed by atoms with Crippen LogP contribution in [-0.4, -0.2) is 46.5 Å². The van der Waals surface area contributed by atoms with Crippen LogP contribution in [0.4, 0.5) is 11.6 Å². The number of hydrogen-bond acceptors (Lipinski definition) is 5. The molecule has 0 aliphatic carbocycles. The largest absolute Gasteiger partial charge is 0.384 e. The van der Waals surface area contributed by atoms with Gasteiger partial charge in [-0.3, -0.25) is 4.79 Å². The maximum absolute atomic E-state index is 12.7. The summed E-state index contributed by atoms with van der Waals surface area (Å²) in [4.78, 5) is 22.9. The van der Waals surface area contributed by atoms with Crippen LogP contribution >= 0.6 is 11.6 Å². The molecule has 2 aliphatic heterocycles. The Balaban J connectivity index is 1.41. The topological polar surface area (TPSA) is 70.2 Å². The lowest BCUT2D eigenvalue weighted by atomic mass is 10.1. The van der Waals surface area contributed by atoms with Gasteiger partial charge >= 0.3 is 0 Å². The summed E-state index contributed by atoms with van der Waals surface area (Å²) in [5.74, 6) is 0.619. The Morgan fingerprint density at radius 2 is 2.17 bits per heavy atom. The number of nitrogens with zero attached hydrogens (tertiary/aromatic N) is 3. The molecule has 2 aromatic rings. The third-order valence-electron chi connectivity index (χ3n) is 4.50. The molecule has 24 heavy (non-hydrogen) atoms. The minimum absolute atomic E-state index is 0.0767. The van der Waals surface area contributed by atoms with Crippen molar-refractivity contribution in [1.82, 2.24) is 14.9 Å². The quantitative estimate of drug-likeness (QED) is 0.895. The average molecular weight is 344 g/mol. The molecule has 124 valence electrons. The highest BCUT2D eigenvalue weighted by atomic mass is 35.5. The predicted octanol–water partition coefficient (Wildman–Crippen LogP) is 2.42. The van der Waals surface area contributed by atoms with E-state index in [-0.39, 0.29) is 11.9 Å². The molecule has 1 fully saturated rings. The molecule has 7 heteroatoms. The van der Waals surface area contributed by atoms with Crippen molar-refractivity contribution >= 4 is 29.1 Å². The molecule has 4 rings (SSSR count). The Kier molecular flexibility index (Phi) is 3.98. The van der Waals surface area contributed by atoms with Crippen LogP contribution in [0.2, 0.25) is 5.02 Å². The van der Waals surface area contributed by atoms with Gasteiger partial charge in [-0.2, -0.15) is 0 Å². The number of amides is 1. The third kappa shape index (κ3) is 3.01. The van der Waals surface area contributed by atoms with Gasteiger partial charge in [0, 0.05) is 36.9 Å². The Morgan fingerprint density at radius 1 is 1.33 bits per heavy atom. The second-order valence-corrected chi connectivity index (χ2v) is 6.59. The number of benzene rings is 1. The molecular formula is C17H18ClN5O. The zero-order valence-corrected chi connectivity index (χ0v) is 13.9. The Hall–Kier alpha value is -2.34. The number of carbonyl (C=O) groups is 1. The zero-order chi connectivity index (χ0) is 16.5. The van der Waals surface area contributed by atoms with E-state index in [1.54, 1.807) is 12.4 Å². The molecular weight excluding hydrogens is 326 g/mol. The lowest BCUT2D eigenvalue weighted by molar-refractivity contribution is 0.0791. The molecule has 1 amide bonds. The van der Waals surface area contributed by atoms with Gasteiger partial charge in [0.15, 0.2) is 0 Å². The highest BCUT2D eigenvalue weighted by Gasteiger charge is 2.28. The van der Waals surface area contributed by atoms with Gasteiger partial charge in [-0.25, -0.2) is 9.97 Å². The Bertz CT molecular complexity index is 764. The monoisotopic (exact) mass is 343 g/mol. The average Bonchev–Trinajstić information content (AvgIpc) is 3.24. The molecule has 0 bridgehead atoms. The van der Waals surface area contributed by atoms with E-state index < -0.39 is 0 Å². The summed E-state index contributed by atoms with van der Waals surface area (Å²) in [6.07, 6.45) is 5.03. The lowest BCUT2D eigenvalue weighted by Crippen LogP contribution is -2.31. The van der Waals surface area contributed by atoms with Crippen LogP contribution in [0.15, 0.2) is 30.6 Å². The van der Waals surface area contributed by atoms with Gasteiger partial charge in [0.1, 0.15) is 0 Å². The standard InChI is InChI=1S/C17H18ClN5O/c18-13-8-20-17(21-9-13)22-14-4-6-23(10-14)16(24)12-2-1-11-3-5-19-15(11)7-12/h1-2,7-9,14,19H,3-6,10H2,(H,20,21,22)/t14-/m0/s1. The van der Waals surface area contributed by atoms with Crippen LogP contribution in [0.25, 0.3) is 0 Å². The number of fused-ring (bicyclic) bond motifs is 1. The number of hydrogen-bond donors (Lipinski definition) is 2. The maximum atomic E-state index is 12.7. The molecule has 1 aromatic carbocycles. The summed E-state index contributed by atoms with van der Waals surface area (Å²) in [5.41, 5.74) is 3.11. The fourth-order valence-corrected chi connectivity index (χ4v) is 3.34. The molecule has 6 nitrogen and oxygen atoms in total. The van der Waals surface area contributed by atoms with E-state index in [0.29, 0.717) is 17.5 Å². The minimum Gasteiger partial charge on any atom is -0.384 e. The third-order valence-corrected chi connectivity index (χ3v) is 4.69. The van der Waals surface area contributed by atoms with Crippen LogP contribution in [-0.2, 0) is 6.42 Å². The van der Waals surface area contributed by atoms with Gasteiger partial charge in [-0.15, -0.1) is 0 Å². The number of anilines is 2. The first-order valence-electron chi connectivity index (χ1n) is 8.09. The van der Waals surface area contributed by atoms with Crippen molar-refractivity contribution in [2.75, 3.05) is 30.3 Å². The molecule has 1 atom stereocenters. The van der Waals surface area contributed by atoms with Crippen molar-refractivity contribution in [2.24, 2.45) is 0 Å². The van der Waals surface area contributed by atoms with Gasteiger partial charge in [-0.05, 0) is 30.5 Å². The predicted molar refractivity (Wildman–Crippen MR) is 93.6 cm³/mol. The summed E-state index contributed by atoms with van der Waals surface area (Å²) in [5, 5.41) is 7.09. The molecule has 1 aromatic heterocycles. The molecule has 1 saturated heterocycles. The highest BCUT2D eigenvalue weighted by molar-refractivity contribution is 6.30. The first-order valence-corrected chi connectivity index (χ1v) is 8.47. The number of carbonyl (C=O) groups excluding carboxylic acids is 1. The molecule has 0 unspecified atom stereocenters. The van der Waals surface area contributed by atoms with Crippen LogP contribution in [0.3, 0.4) is 0 Å². The second-order valence-electron chi connectivity index (χ2n) is 6.15. The number of likely N-dealkylation sites (tertiary alicyclic amines) is 1. The van der Waals surface area contributed by atoms with E-state index in [2.05, 4.69) is 26.7 Å². The lowest BCUT2D eigenvalue weighted by Gasteiger charge is -2.17. The highest BCUT2D eigenvalue weighted by Crippen LogP contribution is 2.25. The molecule has 3 heterocycles. The van der Waals surface area contributed by atoms with Gasteiger partial charge in [-0.1, -0.05) is 17.7 Å². The van der Waals surface area contributed by atoms with Crippen molar-refractivity contribution in [3.05, 3.63) is 46.7 Å². The zero-order valence-electron chi connectivity index (χ0n) is 13.1. The van der Waals surface area contributed by atoms with E-state index in [1.165, 1.54) is 5.56 Å². The molecule has 0 radical (unpaired) electrons. The summed E-state index contributed by atoms with van der Waals surface area (Å²) < 4.78 is 0. The van der Waals surface area contributed by atoms with Crippen LogP contribution in [0.5, 0.6) is 0 Å². The van der Waals surface area contributed by atoms with E-state index >= 15 is 0 Å². The van der Waals surface area contributed by atoms with E-state index in [0.717, 1.165) is 37.2 Å². The SMILES string of the molecule is O=C(c1ccc2c(c1)NCC2)N1CC[C@H](Nc2ncc(Cl)cn2)C1. The van der Waals surface area contributed by atoms with Crippen molar-refractivity contribution in [3.8, 4) is 0 Å². The van der Waals surface area contributed by atoms with E-state index in [9.17, 15) is 4.79 Å². The fourth-order valence-electron chi connectivity index (χ4n) is 3.24. The maximum Gasteiger partial charge on any atom is 0.254 e. The second kappa shape index (κ2) is 6.28. The van der Waals surface area contributed by atoms with Crippen molar-refractivity contribution in [3.63, 3.8) is 0 Å². The van der Waals surface area contributed by atoms with Crippen LogP contribution in [0.1, 0.15) is 22.3 Å². The number of nitrogens with one attached hydrogen (secondary N) is 2. The van der Waals surface area contributed by atoms with Crippen molar-refractivity contribution < 1.29 is 4.79 Å². The number of halogens is 1. The first kappa shape index (κ1) is 15.2. The van der Waals surface area contributed by atoms with Gasteiger partial charge < -0.3 is 15.5 Å². The van der Waals surface area contributed by atoms with Crippen molar-refractivity contribution in [2.45, 2.75) is 18.9 Å². The summed E-state index contributed by atoms with van der Waals surface area (Å²) in [6, 6.07) is 6.10. The Labute approximate surface area is 145 Å². The van der Waals surface area contributed by atoms with Crippen LogP contribution < -0.4 is 10.6 Å². The van der Waals surface area contributed by atoms with Gasteiger partial charge in [0.05, 0.1) is 17.4 Å². The van der Waals surface area contributed by atoms with Gasteiger partial charge in [0.25, 0.3) is 5.91 Å². The molecule has 0 saturated carbocycles.